The molecule has 364 valence electrons. The largest absolute Gasteiger partial charge is 0.756 e. The first-order valence-electron chi connectivity index (χ1n) is 25.7. The Kier molecular flexibility index (Phi) is 43.2. The lowest BCUT2D eigenvalue weighted by Crippen LogP contribution is -2.37. The first-order chi connectivity index (χ1) is 30.0. The van der Waals surface area contributed by atoms with E-state index in [9.17, 15) is 19.0 Å². The van der Waals surface area contributed by atoms with E-state index in [0.717, 1.165) is 57.8 Å². The maximum Gasteiger partial charge on any atom is 0.306 e. The molecule has 0 aromatic heterocycles. The number of quaternary nitrogens is 1. The molecule has 0 aromatic rings. The summed E-state index contributed by atoms with van der Waals surface area (Å²) < 4.78 is 34.0. The van der Waals surface area contributed by atoms with Crippen molar-refractivity contribution in [2.45, 2.75) is 238 Å². The number of unbranched alkanes of at least 4 members (excludes halogenated alkanes) is 27. The van der Waals surface area contributed by atoms with Gasteiger partial charge in [-0.2, -0.15) is 0 Å². The summed E-state index contributed by atoms with van der Waals surface area (Å²) in [6.45, 7) is 4.11. The third kappa shape index (κ3) is 47.7. The molecule has 0 amide bonds. The fourth-order valence-corrected chi connectivity index (χ4v) is 7.93. The van der Waals surface area contributed by atoms with Crippen LogP contribution >= 0.6 is 7.82 Å². The van der Waals surface area contributed by atoms with E-state index in [-0.39, 0.29) is 32.0 Å². The van der Waals surface area contributed by atoms with Gasteiger partial charge in [-0.05, 0) is 44.9 Å². The van der Waals surface area contributed by atoms with Crippen LogP contribution in [0, 0.1) is 0 Å². The van der Waals surface area contributed by atoms with Crippen LogP contribution in [0.25, 0.3) is 0 Å². The molecule has 2 atom stereocenters. The number of carbonyl (C=O) groups is 2. The number of hydrogen-bond donors (Lipinski definition) is 0. The van der Waals surface area contributed by atoms with Gasteiger partial charge in [0.1, 0.15) is 19.8 Å². The van der Waals surface area contributed by atoms with Gasteiger partial charge in [-0.25, -0.2) is 0 Å². The Morgan fingerprint density at radius 1 is 0.516 bits per heavy atom. The molecule has 0 spiro atoms. The van der Waals surface area contributed by atoms with Gasteiger partial charge in [-0.1, -0.05) is 211 Å². The van der Waals surface area contributed by atoms with Crippen LogP contribution in [0.1, 0.15) is 232 Å². The number of hydrogen-bond acceptors (Lipinski definition) is 8. The molecular weight excluding hydrogens is 798 g/mol. The quantitative estimate of drug-likeness (QED) is 0.0195. The molecule has 0 saturated heterocycles. The van der Waals surface area contributed by atoms with E-state index < -0.39 is 26.5 Å². The van der Waals surface area contributed by atoms with Gasteiger partial charge in [-0.3, -0.25) is 14.2 Å². The van der Waals surface area contributed by atoms with Crippen LogP contribution in [0.3, 0.4) is 0 Å². The highest BCUT2D eigenvalue weighted by atomic mass is 31.2. The lowest BCUT2D eigenvalue weighted by atomic mass is 10.0. The second kappa shape index (κ2) is 44.4. The summed E-state index contributed by atoms with van der Waals surface area (Å²) in [6, 6.07) is 0. The van der Waals surface area contributed by atoms with Crippen molar-refractivity contribution in [2.24, 2.45) is 0 Å². The van der Waals surface area contributed by atoms with E-state index in [1.165, 1.54) is 141 Å². The summed E-state index contributed by atoms with van der Waals surface area (Å²) in [5, 5.41) is 0. The lowest BCUT2D eigenvalue weighted by molar-refractivity contribution is -0.870. The second-order valence-electron chi connectivity index (χ2n) is 18.5. The Balaban J connectivity index is 4.13. The maximum atomic E-state index is 12.7. The second-order valence-corrected chi connectivity index (χ2v) is 19.9. The van der Waals surface area contributed by atoms with Crippen molar-refractivity contribution < 1.29 is 42.1 Å². The molecular formula is C52H98NO8P. The maximum absolute atomic E-state index is 12.7. The number of carbonyl (C=O) groups excluding carboxylic acids is 2. The van der Waals surface area contributed by atoms with E-state index in [1.54, 1.807) is 0 Å². The van der Waals surface area contributed by atoms with Gasteiger partial charge in [-0.15, -0.1) is 0 Å². The van der Waals surface area contributed by atoms with Crippen LogP contribution in [-0.2, 0) is 32.7 Å². The molecule has 62 heavy (non-hydrogen) atoms. The van der Waals surface area contributed by atoms with Crippen molar-refractivity contribution in [1.29, 1.82) is 0 Å². The number of rotatable bonds is 47. The Bertz CT molecular complexity index is 1150. The van der Waals surface area contributed by atoms with Crippen LogP contribution in [0.4, 0.5) is 0 Å². The molecule has 0 aliphatic rings. The predicted molar refractivity (Wildman–Crippen MR) is 259 cm³/mol. The zero-order valence-electron chi connectivity index (χ0n) is 41.1. The average molecular weight is 896 g/mol. The Hall–Kier alpha value is -1.77. The molecule has 0 radical (unpaired) electrons. The molecule has 0 heterocycles. The van der Waals surface area contributed by atoms with Gasteiger partial charge in [0.05, 0.1) is 27.7 Å². The topological polar surface area (TPSA) is 111 Å². The fraction of sp³-hybridized carbons (Fsp3) is 0.846. The van der Waals surface area contributed by atoms with Crippen LogP contribution in [0.2, 0.25) is 0 Å². The first kappa shape index (κ1) is 60.2. The van der Waals surface area contributed by atoms with Gasteiger partial charge in [0.15, 0.2) is 6.10 Å². The summed E-state index contributed by atoms with van der Waals surface area (Å²) in [6.07, 6.45) is 52.0. The predicted octanol–water partition coefficient (Wildman–Crippen LogP) is 14.6. The van der Waals surface area contributed by atoms with Crippen molar-refractivity contribution in [3.8, 4) is 0 Å². The van der Waals surface area contributed by atoms with E-state index in [1.807, 2.05) is 21.1 Å². The van der Waals surface area contributed by atoms with Gasteiger partial charge < -0.3 is 27.9 Å². The van der Waals surface area contributed by atoms with Crippen LogP contribution in [0.15, 0.2) is 36.5 Å². The molecule has 10 heteroatoms. The summed E-state index contributed by atoms with van der Waals surface area (Å²) in [4.78, 5) is 37.6. The SMILES string of the molecule is CC/C=C\C/C=C\C/C=C\CCCCCC(=O)OC(COC(=O)CCCCCCCCCCCCCCCCCCCCCCCCCCC)COP(=O)([O-])OCC[N+](C)(C)C. The number of nitrogens with zero attached hydrogens (tertiary/aromatic N) is 1. The van der Waals surface area contributed by atoms with Crippen molar-refractivity contribution in [1.82, 2.24) is 0 Å². The van der Waals surface area contributed by atoms with Gasteiger partial charge >= 0.3 is 11.9 Å². The van der Waals surface area contributed by atoms with Crippen LogP contribution in [0.5, 0.6) is 0 Å². The highest BCUT2D eigenvalue weighted by Gasteiger charge is 2.21. The van der Waals surface area contributed by atoms with Crippen molar-refractivity contribution >= 4 is 19.8 Å². The third-order valence-corrected chi connectivity index (χ3v) is 12.1. The normalized spacial score (nSPS) is 13.7. The van der Waals surface area contributed by atoms with E-state index >= 15 is 0 Å². The first-order valence-corrected chi connectivity index (χ1v) is 27.2. The van der Waals surface area contributed by atoms with E-state index in [0.29, 0.717) is 17.4 Å². The third-order valence-electron chi connectivity index (χ3n) is 11.2. The average Bonchev–Trinajstić information content (AvgIpc) is 3.23. The van der Waals surface area contributed by atoms with Gasteiger partial charge in [0.25, 0.3) is 7.82 Å². The monoisotopic (exact) mass is 896 g/mol. The summed E-state index contributed by atoms with van der Waals surface area (Å²) in [7, 11) is 1.15. The number of ether oxygens (including phenoxy) is 2. The van der Waals surface area contributed by atoms with E-state index in [4.69, 9.17) is 18.5 Å². The molecule has 0 saturated carbocycles. The minimum Gasteiger partial charge on any atom is -0.756 e. The molecule has 0 bridgehead atoms. The number of phosphoric acid groups is 1. The van der Waals surface area contributed by atoms with Crippen molar-refractivity contribution in [2.75, 3.05) is 47.5 Å². The minimum absolute atomic E-state index is 0.0359. The van der Waals surface area contributed by atoms with E-state index in [2.05, 4.69) is 50.3 Å². The number of likely N-dealkylation sites (N-methyl/N-ethyl adjacent to an activating group) is 1. The molecule has 0 N–H and O–H groups in total. The fourth-order valence-electron chi connectivity index (χ4n) is 7.20. The Morgan fingerprint density at radius 2 is 0.919 bits per heavy atom. The molecule has 0 aliphatic carbocycles. The number of allylic oxidation sites excluding steroid dienone is 6. The number of esters is 2. The van der Waals surface area contributed by atoms with Crippen molar-refractivity contribution in [3.05, 3.63) is 36.5 Å². The molecule has 0 aliphatic heterocycles. The molecule has 0 fully saturated rings. The molecule has 2 unspecified atom stereocenters. The summed E-state index contributed by atoms with van der Waals surface area (Å²) in [5.41, 5.74) is 0. The lowest BCUT2D eigenvalue weighted by Gasteiger charge is -2.28. The summed E-state index contributed by atoms with van der Waals surface area (Å²) in [5.74, 6) is -0.860. The minimum atomic E-state index is -4.63. The Labute approximate surface area is 382 Å². The van der Waals surface area contributed by atoms with Gasteiger partial charge in [0.2, 0.25) is 0 Å². The van der Waals surface area contributed by atoms with Crippen LogP contribution in [-0.4, -0.2) is 70.0 Å². The number of phosphoric ester groups is 1. The molecule has 0 aromatic carbocycles. The standard InChI is InChI=1S/C52H98NO8P/c1-6-8-10-12-14-16-18-20-21-22-23-24-25-26-27-28-29-30-31-33-34-36-38-40-42-44-51(54)58-48-50(49-60-62(56,57)59-47-46-53(3,4)5)61-52(55)45-43-41-39-37-35-32-19-17-15-13-11-9-7-2/h9,11,15,17,32,35,50H,6-8,10,12-14,16,18-31,33-34,36-49H2,1-5H3/b11-9-,17-15-,35-32-. The van der Waals surface area contributed by atoms with Crippen molar-refractivity contribution in [3.63, 3.8) is 0 Å². The highest BCUT2D eigenvalue weighted by molar-refractivity contribution is 7.45. The van der Waals surface area contributed by atoms with Gasteiger partial charge in [0, 0.05) is 12.8 Å². The highest BCUT2D eigenvalue weighted by Crippen LogP contribution is 2.38. The molecule has 9 nitrogen and oxygen atoms in total. The zero-order chi connectivity index (χ0) is 45.7. The molecule has 0 rings (SSSR count). The zero-order valence-corrected chi connectivity index (χ0v) is 42.0. The summed E-state index contributed by atoms with van der Waals surface area (Å²) >= 11 is 0. The van der Waals surface area contributed by atoms with Crippen LogP contribution < -0.4 is 4.89 Å². The Morgan fingerprint density at radius 3 is 1.37 bits per heavy atom. The smallest absolute Gasteiger partial charge is 0.306 e.